The molecule has 0 aliphatic rings. The van der Waals surface area contributed by atoms with Crippen molar-refractivity contribution in [1.82, 2.24) is 14.8 Å². The van der Waals surface area contributed by atoms with E-state index in [1.807, 2.05) is 38.1 Å². The number of aryl methyl sites for hydroxylation is 1. The minimum atomic E-state index is -0.146. The molecule has 0 atom stereocenters. The summed E-state index contributed by atoms with van der Waals surface area (Å²) in [5.41, 5.74) is 2.74. The van der Waals surface area contributed by atoms with Gasteiger partial charge in [-0.3, -0.25) is 14.9 Å². The summed E-state index contributed by atoms with van der Waals surface area (Å²) in [6.07, 6.45) is 0.590. The number of aromatic nitrogens is 3. The second-order valence-corrected chi connectivity index (χ2v) is 6.27. The van der Waals surface area contributed by atoms with Crippen LogP contribution in [-0.2, 0) is 0 Å². The fraction of sp³-hybridized carbons (Fsp3) is 0.312. The van der Waals surface area contributed by atoms with Crippen LogP contribution in [0.25, 0.3) is 15.3 Å². The minimum absolute atomic E-state index is 0.0961. The van der Waals surface area contributed by atoms with Gasteiger partial charge >= 0.3 is 0 Å². The summed E-state index contributed by atoms with van der Waals surface area (Å²) in [5, 5.41) is 12.5. The van der Waals surface area contributed by atoms with Crippen molar-refractivity contribution in [3.05, 3.63) is 45.9 Å². The molecule has 0 bridgehead atoms. The number of nitrogens with zero attached hydrogens (tertiary/aromatic N) is 3. The molecule has 0 saturated heterocycles. The Morgan fingerprint density at radius 1 is 1.43 bits per heavy atom. The lowest BCUT2D eigenvalue weighted by atomic mass is 10.2. The number of aliphatic imine (C=N–C) groups is 1. The van der Waals surface area contributed by atoms with Crippen LogP contribution in [0.15, 0.2) is 34.1 Å². The first-order valence-corrected chi connectivity index (χ1v) is 8.23. The van der Waals surface area contributed by atoms with Crippen LogP contribution in [0, 0.1) is 6.92 Å². The van der Waals surface area contributed by atoms with Crippen molar-refractivity contribution in [2.75, 3.05) is 13.2 Å². The summed E-state index contributed by atoms with van der Waals surface area (Å²) in [6.45, 7) is 4.27. The van der Waals surface area contributed by atoms with Gasteiger partial charge < -0.3 is 5.11 Å². The van der Waals surface area contributed by atoms with Gasteiger partial charge in [0.2, 0.25) is 5.13 Å². The van der Waals surface area contributed by atoms with Crippen LogP contribution < -0.4 is 5.56 Å². The lowest BCUT2D eigenvalue weighted by Gasteiger charge is -1.97. The van der Waals surface area contributed by atoms with E-state index in [1.54, 1.807) is 0 Å². The normalized spacial score (nSPS) is 12.2. The Kier molecular flexibility index (Phi) is 4.40. The SMILES string of the molecule is CC(=NCCCO)c1c(C)[nH]n(-c2nc3ccccc3s2)c1=O. The van der Waals surface area contributed by atoms with Crippen LogP contribution in [0.2, 0.25) is 0 Å². The third kappa shape index (κ3) is 2.97. The van der Waals surface area contributed by atoms with E-state index in [0.29, 0.717) is 29.4 Å². The predicted molar refractivity (Wildman–Crippen MR) is 93.1 cm³/mol. The van der Waals surface area contributed by atoms with Crippen LogP contribution in [0.4, 0.5) is 0 Å². The maximum Gasteiger partial charge on any atom is 0.282 e. The molecular weight excluding hydrogens is 312 g/mol. The molecule has 2 heterocycles. The average Bonchev–Trinajstić information content (AvgIpc) is 3.08. The van der Waals surface area contributed by atoms with E-state index in [9.17, 15) is 4.79 Å². The van der Waals surface area contributed by atoms with Crippen LogP contribution in [0.5, 0.6) is 0 Å². The first-order chi connectivity index (χ1) is 11.1. The molecule has 2 aromatic heterocycles. The molecule has 6 nitrogen and oxygen atoms in total. The molecule has 0 unspecified atom stereocenters. The maximum atomic E-state index is 12.7. The zero-order valence-electron chi connectivity index (χ0n) is 13.0. The molecule has 3 aromatic rings. The number of fused-ring (bicyclic) bond motifs is 1. The fourth-order valence-corrected chi connectivity index (χ4v) is 3.38. The molecule has 120 valence electrons. The number of hydrogen-bond donors (Lipinski definition) is 2. The molecule has 0 amide bonds. The largest absolute Gasteiger partial charge is 0.396 e. The van der Waals surface area contributed by atoms with Gasteiger partial charge in [-0.25, -0.2) is 4.98 Å². The quantitative estimate of drug-likeness (QED) is 0.556. The molecule has 1 aromatic carbocycles. The summed E-state index contributed by atoms with van der Waals surface area (Å²) >= 11 is 1.47. The Balaban J connectivity index is 2.03. The maximum absolute atomic E-state index is 12.7. The molecule has 0 saturated carbocycles. The number of benzene rings is 1. The fourth-order valence-electron chi connectivity index (χ4n) is 2.46. The van der Waals surface area contributed by atoms with Gasteiger partial charge in [0.15, 0.2) is 0 Å². The van der Waals surface area contributed by atoms with Gasteiger partial charge in [-0.15, -0.1) is 0 Å². The molecule has 0 radical (unpaired) electrons. The molecular formula is C16H18N4O2S. The Hall–Kier alpha value is -2.25. The molecule has 0 aliphatic heterocycles. The standard InChI is InChI=1S/C16H18N4O2S/c1-10(17-8-5-9-21)14-11(2)19-20(15(14)22)16-18-12-6-3-4-7-13(12)23-16/h3-4,6-7,19,21H,5,8-9H2,1-2H3. The van der Waals surface area contributed by atoms with Crippen LogP contribution in [0.1, 0.15) is 24.6 Å². The monoisotopic (exact) mass is 330 g/mol. The summed E-state index contributed by atoms with van der Waals surface area (Å²) in [4.78, 5) is 21.6. The van der Waals surface area contributed by atoms with Gasteiger partial charge in [0, 0.05) is 24.6 Å². The van der Waals surface area contributed by atoms with E-state index >= 15 is 0 Å². The Labute approximate surface area is 137 Å². The van der Waals surface area contributed by atoms with Crippen LogP contribution in [0.3, 0.4) is 0 Å². The van der Waals surface area contributed by atoms with E-state index in [0.717, 1.165) is 15.9 Å². The predicted octanol–water partition coefficient (Wildman–Crippen LogP) is 2.28. The lowest BCUT2D eigenvalue weighted by Crippen LogP contribution is -2.19. The topological polar surface area (TPSA) is 83.3 Å². The highest BCUT2D eigenvalue weighted by molar-refractivity contribution is 7.20. The van der Waals surface area contributed by atoms with Gasteiger partial charge in [-0.2, -0.15) is 4.68 Å². The number of thiazole rings is 1. The number of aliphatic hydroxyl groups is 1. The minimum Gasteiger partial charge on any atom is -0.396 e. The van der Waals surface area contributed by atoms with Crippen molar-refractivity contribution in [3.8, 4) is 5.13 Å². The van der Waals surface area contributed by atoms with Crippen molar-refractivity contribution in [2.24, 2.45) is 4.99 Å². The van der Waals surface area contributed by atoms with E-state index in [-0.39, 0.29) is 12.2 Å². The number of para-hydroxylation sites is 1. The van der Waals surface area contributed by atoms with Gasteiger partial charge in [-0.05, 0) is 32.4 Å². The summed E-state index contributed by atoms with van der Waals surface area (Å²) < 4.78 is 2.51. The van der Waals surface area contributed by atoms with Gasteiger partial charge in [0.25, 0.3) is 5.56 Å². The second-order valence-electron chi connectivity index (χ2n) is 5.26. The second kappa shape index (κ2) is 6.47. The number of aromatic amines is 1. The highest BCUT2D eigenvalue weighted by Gasteiger charge is 2.17. The number of nitrogens with one attached hydrogen (secondary N) is 1. The molecule has 23 heavy (non-hydrogen) atoms. The molecule has 0 fully saturated rings. The smallest absolute Gasteiger partial charge is 0.282 e. The van der Waals surface area contributed by atoms with E-state index < -0.39 is 0 Å². The van der Waals surface area contributed by atoms with Crippen LogP contribution >= 0.6 is 11.3 Å². The van der Waals surface area contributed by atoms with Gasteiger partial charge in [0.05, 0.1) is 15.8 Å². The van der Waals surface area contributed by atoms with E-state index in [2.05, 4.69) is 15.1 Å². The van der Waals surface area contributed by atoms with Crippen LogP contribution in [-0.4, -0.2) is 38.7 Å². The van der Waals surface area contributed by atoms with Crippen molar-refractivity contribution in [3.63, 3.8) is 0 Å². The third-order valence-corrected chi connectivity index (χ3v) is 4.59. The van der Waals surface area contributed by atoms with Crippen molar-refractivity contribution >= 4 is 27.3 Å². The highest BCUT2D eigenvalue weighted by Crippen LogP contribution is 2.23. The molecule has 3 rings (SSSR count). The van der Waals surface area contributed by atoms with E-state index in [4.69, 9.17) is 5.11 Å². The molecule has 0 aliphatic carbocycles. The molecule has 2 N–H and O–H groups in total. The number of H-pyrrole nitrogens is 1. The summed E-state index contributed by atoms with van der Waals surface area (Å²) in [6, 6.07) is 7.80. The Bertz CT molecular complexity index is 887. The van der Waals surface area contributed by atoms with E-state index in [1.165, 1.54) is 16.0 Å². The Morgan fingerprint density at radius 3 is 2.96 bits per heavy atom. The molecule has 0 spiro atoms. The van der Waals surface area contributed by atoms with Gasteiger partial charge in [-0.1, -0.05) is 23.5 Å². The van der Waals surface area contributed by atoms with Crippen molar-refractivity contribution < 1.29 is 5.11 Å². The summed E-state index contributed by atoms with van der Waals surface area (Å²) in [5.74, 6) is 0. The molecule has 7 heteroatoms. The summed E-state index contributed by atoms with van der Waals surface area (Å²) in [7, 11) is 0. The zero-order chi connectivity index (χ0) is 16.4. The van der Waals surface area contributed by atoms with Crippen molar-refractivity contribution in [2.45, 2.75) is 20.3 Å². The third-order valence-electron chi connectivity index (χ3n) is 3.57. The van der Waals surface area contributed by atoms with Gasteiger partial charge in [0.1, 0.15) is 0 Å². The zero-order valence-corrected chi connectivity index (χ0v) is 13.9. The first-order valence-electron chi connectivity index (χ1n) is 7.41. The highest BCUT2D eigenvalue weighted by atomic mass is 32.1. The lowest BCUT2D eigenvalue weighted by molar-refractivity contribution is 0.291. The Morgan fingerprint density at radius 2 is 2.22 bits per heavy atom. The number of hydrogen-bond acceptors (Lipinski definition) is 5. The number of rotatable bonds is 5. The first kappa shape index (κ1) is 15.6. The van der Waals surface area contributed by atoms with Crippen molar-refractivity contribution in [1.29, 1.82) is 0 Å². The average molecular weight is 330 g/mol. The number of aliphatic hydroxyl groups excluding tert-OH is 1.